The summed E-state index contributed by atoms with van der Waals surface area (Å²) >= 11 is 3.52. The van der Waals surface area contributed by atoms with Gasteiger partial charge < -0.3 is 9.72 Å². The van der Waals surface area contributed by atoms with Gasteiger partial charge in [0.15, 0.2) is 6.61 Å². The molecule has 0 aliphatic heterocycles. The Morgan fingerprint density at radius 1 is 1.07 bits per heavy atom. The minimum atomic E-state index is -0.432. The van der Waals surface area contributed by atoms with Gasteiger partial charge in [0.25, 0.3) is 11.5 Å². The summed E-state index contributed by atoms with van der Waals surface area (Å²) in [5, 5.41) is 6.81. The minimum absolute atomic E-state index is 0.206. The van der Waals surface area contributed by atoms with E-state index in [2.05, 4.69) is 31.4 Å². The molecule has 0 saturated heterocycles. The number of carbonyl (C=O) groups excluding carboxylic acids is 1. The number of nitrogens with one attached hydrogen (secondary N) is 2. The molecule has 0 aliphatic carbocycles. The van der Waals surface area contributed by atoms with Crippen LogP contribution < -0.4 is 15.7 Å². The van der Waals surface area contributed by atoms with E-state index in [1.807, 2.05) is 54.6 Å². The summed E-state index contributed by atoms with van der Waals surface area (Å²) < 4.78 is 6.38. The summed E-state index contributed by atoms with van der Waals surface area (Å²) in [7, 11) is 0. The molecule has 0 atom stereocenters. The molecule has 4 aromatic rings. The fourth-order valence-electron chi connectivity index (χ4n) is 2.93. The summed E-state index contributed by atoms with van der Waals surface area (Å²) in [6.07, 6.45) is 1.31. The van der Waals surface area contributed by atoms with Crippen LogP contribution in [-0.4, -0.2) is 23.7 Å². The maximum Gasteiger partial charge on any atom is 0.277 e. The van der Waals surface area contributed by atoms with E-state index in [-0.39, 0.29) is 12.2 Å². The molecule has 3 aromatic carbocycles. The van der Waals surface area contributed by atoms with Gasteiger partial charge in [-0.1, -0.05) is 48.5 Å². The van der Waals surface area contributed by atoms with Crippen LogP contribution in [0.3, 0.4) is 0 Å². The summed E-state index contributed by atoms with van der Waals surface area (Å²) in [6, 6.07) is 20.7. The third-order valence-corrected chi connectivity index (χ3v) is 5.18. The molecule has 0 fully saturated rings. The molecule has 0 bridgehead atoms. The number of H-pyrrole nitrogens is 1. The van der Waals surface area contributed by atoms with E-state index in [1.165, 1.54) is 6.21 Å². The smallest absolute Gasteiger partial charge is 0.277 e. The number of rotatable bonds is 5. The van der Waals surface area contributed by atoms with Crippen molar-refractivity contribution >= 4 is 49.7 Å². The van der Waals surface area contributed by atoms with Crippen LogP contribution in [0, 0.1) is 0 Å². The zero-order chi connectivity index (χ0) is 20.2. The Hall–Kier alpha value is -3.45. The molecule has 1 heterocycles. The van der Waals surface area contributed by atoms with Crippen molar-refractivity contribution in [1.29, 1.82) is 0 Å². The van der Waals surface area contributed by atoms with Gasteiger partial charge in [0, 0.05) is 5.52 Å². The van der Waals surface area contributed by atoms with Crippen molar-refractivity contribution in [3.05, 3.63) is 87.1 Å². The third-order valence-electron chi connectivity index (χ3n) is 4.36. The van der Waals surface area contributed by atoms with Crippen LogP contribution in [0.25, 0.3) is 21.7 Å². The van der Waals surface area contributed by atoms with Gasteiger partial charge in [-0.25, -0.2) is 5.43 Å². The average molecular weight is 450 g/mol. The Bertz CT molecular complexity index is 1300. The Morgan fingerprint density at radius 3 is 2.69 bits per heavy atom. The number of carbonyl (C=O) groups is 1. The van der Waals surface area contributed by atoms with Crippen molar-refractivity contribution in [2.45, 2.75) is 0 Å². The maximum absolute atomic E-state index is 12.1. The molecule has 0 unspecified atom stereocenters. The highest BCUT2D eigenvalue weighted by Gasteiger charge is 2.08. The van der Waals surface area contributed by atoms with Crippen molar-refractivity contribution in [1.82, 2.24) is 10.4 Å². The number of para-hydroxylation sites is 1. The predicted molar refractivity (Wildman–Crippen MR) is 117 cm³/mol. The molecule has 4 rings (SSSR count). The van der Waals surface area contributed by atoms with Crippen LogP contribution >= 0.6 is 15.9 Å². The molecule has 7 heteroatoms. The molecule has 0 radical (unpaired) electrons. The Labute approximate surface area is 174 Å². The first-order valence-corrected chi connectivity index (χ1v) is 9.65. The van der Waals surface area contributed by atoms with Crippen LogP contribution in [0.1, 0.15) is 5.56 Å². The fraction of sp³-hybridized carbons (Fsp3) is 0.0455. The molecule has 0 saturated carbocycles. The number of nitrogens with zero attached hydrogens (tertiary/aromatic N) is 1. The number of pyridine rings is 1. The summed E-state index contributed by atoms with van der Waals surface area (Å²) in [6.45, 7) is -0.206. The number of aromatic amines is 1. The normalized spacial score (nSPS) is 11.2. The molecular formula is C22H16BrN3O3. The van der Waals surface area contributed by atoms with Gasteiger partial charge >= 0.3 is 0 Å². The monoisotopic (exact) mass is 449 g/mol. The first-order chi connectivity index (χ1) is 14.1. The van der Waals surface area contributed by atoms with Gasteiger partial charge in [0.2, 0.25) is 0 Å². The second kappa shape index (κ2) is 8.28. The van der Waals surface area contributed by atoms with Crippen molar-refractivity contribution in [2.75, 3.05) is 6.61 Å². The van der Waals surface area contributed by atoms with E-state index >= 15 is 0 Å². The number of hydrogen-bond acceptors (Lipinski definition) is 4. The number of aromatic nitrogens is 1. The van der Waals surface area contributed by atoms with E-state index in [4.69, 9.17) is 4.74 Å². The lowest BCUT2D eigenvalue weighted by Gasteiger charge is -2.09. The third kappa shape index (κ3) is 4.20. The molecule has 1 amide bonds. The number of halogens is 1. The largest absolute Gasteiger partial charge is 0.483 e. The van der Waals surface area contributed by atoms with Crippen LogP contribution in [0.4, 0.5) is 0 Å². The number of ether oxygens (including phenoxy) is 1. The van der Waals surface area contributed by atoms with Crippen molar-refractivity contribution in [3.8, 4) is 5.75 Å². The highest BCUT2D eigenvalue weighted by Crippen LogP contribution is 2.32. The summed E-state index contributed by atoms with van der Waals surface area (Å²) in [5.41, 5.74) is 3.18. The van der Waals surface area contributed by atoms with Crippen LogP contribution in [0.15, 0.2) is 81.1 Å². The van der Waals surface area contributed by atoms with E-state index in [0.717, 1.165) is 26.1 Å². The Balaban J connectivity index is 1.40. The lowest BCUT2D eigenvalue weighted by atomic mass is 10.1. The SMILES string of the molecule is O=C(COc1ccc2ccccc2c1Br)N/N=C/c1cc2ccccc2[nH]c1=O. The number of hydrazone groups is 1. The van der Waals surface area contributed by atoms with E-state index < -0.39 is 5.91 Å². The Morgan fingerprint density at radius 2 is 1.83 bits per heavy atom. The summed E-state index contributed by atoms with van der Waals surface area (Å²) in [4.78, 5) is 26.9. The summed E-state index contributed by atoms with van der Waals surface area (Å²) in [5.74, 6) is 0.132. The zero-order valence-electron chi connectivity index (χ0n) is 15.2. The van der Waals surface area contributed by atoms with E-state index in [1.54, 1.807) is 12.1 Å². The van der Waals surface area contributed by atoms with Gasteiger partial charge in [-0.15, -0.1) is 0 Å². The zero-order valence-corrected chi connectivity index (χ0v) is 16.8. The molecule has 144 valence electrons. The fourth-order valence-corrected chi connectivity index (χ4v) is 3.54. The maximum atomic E-state index is 12.1. The highest BCUT2D eigenvalue weighted by atomic mass is 79.9. The quantitative estimate of drug-likeness (QED) is 0.357. The molecular weight excluding hydrogens is 434 g/mol. The van der Waals surface area contributed by atoms with Crippen LogP contribution in [0.2, 0.25) is 0 Å². The number of fused-ring (bicyclic) bond motifs is 2. The second-order valence-electron chi connectivity index (χ2n) is 6.32. The second-order valence-corrected chi connectivity index (χ2v) is 7.11. The first kappa shape index (κ1) is 18.9. The molecule has 2 N–H and O–H groups in total. The van der Waals surface area contributed by atoms with Gasteiger partial charge in [-0.2, -0.15) is 5.10 Å². The highest BCUT2D eigenvalue weighted by molar-refractivity contribution is 9.10. The number of amides is 1. The molecule has 0 spiro atoms. The van der Waals surface area contributed by atoms with E-state index in [9.17, 15) is 9.59 Å². The van der Waals surface area contributed by atoms with E-state index in [0.29, 0.717) is 11.3 Å². The molecule has 0 aliphatic rings. The Kier molecular flexibility index (Phi) is 5.39. The van der Waals surface area contributed by atoms with Gasteiger partial charge in [-0.05, 0) is 50.3 Å². The van der Waals surface area contributed by atoms with Crippen molar-refractivity contribution in [2.24, 2.45) is 5.10 Å². The van der Waals surface area contributed by atoms with Crippen LogP contribution in [-0.2, 0) is 4.79 Å². The van der Waals surface area contributed by atoms with Crippen molar-refractivity contribution < 1.29 is 9.53 Å². The van der Waals surface area contributed by atoms with Gasteiger partial charge in [0.1, 0.15) is 5.75 Å². The lowest BCUT2D eigenvalue weighted by Crippen LogP contribution is -2.25. The van der Waals surface area contributed by atoms with Gasteiger partial charge in [0.05, 0.1) is 16.3 Å². The standard InChI is InChI=1S/C22H16BrN3O3/c23-21-17-7-3-1-5-14(17)9-10-19(21)29-13-20(27)26-24-12-16-11-15-6-2-4-8-18(15)25-22(16)28/h1-12H,13H2,(H,25,28)(H,26,27)/b24-12+. The van der Waals surface area contributed by atoms with Crippen molar-refractivity contribution in [3.63, 3.8) is 0 Å². The molecule has 6 nitrogen and oxygen atoms in total. The molecule has 29 heavy (non-hydrogen) atoms. The lowest BCUT2D eigenvalue weighted by molar-refractivity contribution is -0.123. The minimum Gasteiger partial charge on any atom is -0.483 e. The van der Waals surface area contributed by atoms with Crippen LogP contribution in [0.5, 0.6) is 5.75 Å². The molecule has 1 aromatic heterocycles. The predicted octanol–water partition coefficient (Wildman–Crippen LogP) is 3.97. The number of benzene rings is 3. The number of hydrogen-bond donors (Lipinski definition) is 2. The first-order valence-electron chi connectivity index (χ1n) is 8.86. The average Bonchev–Trinajstić information content (AvgIpc) is 2.74. The van der Waals surface area contributed by atoms with Gasteiger partial charge in [-0.3, -0.25) is 9.59 Å². The topological polar surface area (TPSA) is 83.5 Å².